The Bertz CT molecular complexity index is 271. The van der Waals surface area contributed by atoms with Crippen LogP contribution in [0.1, 0.15) is 57.9 Å². The fourth-order valence-electron chi connectivity index (χ4n) is 2.66. The zero-order valence-corrected chi connectivity index (χ0v) is 12.3. The van der Waals surface area contributed by atoms with Crippen LogP contribution in [0.3, 0.4) is 0 Å². The zero-order valence-electron chi connectivity index (χ0n) is 12.3. The van der Waals surface area contributed by atoms with Crippen molar-refractivity contribution in [1.82, 2.24) is 0 Å². The van der Waals surface area contributed by atoms with Gasteiger partial charge >= 0.3 is 0 Å². The van der Waals surface area contributed by atoms with Gasteiger partial charge in [-0.15, -0.1) is 0 Å². The van der Waals surface area contributed by atoms with Crippen molar-refractivity contribution < 1.29 is 0 Å². The molecule has 0 fully saturated rings. The maximum Gasteiger partial charge on any atom is 0.144 e. The molecule has 1 rings (SSSR count). The van der Waals surface area contributed by atoms with Crippen molar-refractivity contribution in [2.45, 2.75) is 71.3 Å². The van der Waals surface area contributed by atoms with Gasteiger partial charge in [-0.3, -0.25) is 0 Å². The molecule has 100 valence electrons. The summed E-state index contributed by atoms with van der Waals surface area (Å²) >= 11 is 0. The Hall–Kier alpha value is -0.715. The first-order valence-electron chi connectivity index (χ1n) is 7.90. The predicted octanol–water partition coefficient (Wildman–Crippen LogP) is 5.64. The van der Waals surface area contributed by atoms with E-state index < -0.39 is 0 Å². The van der Waals surface area contributed by atoms with Crippen LogP contribution in [0.25, 0.3) is 0 Å². The highest BCUT2D eigenvalue weighted by Gasteiger charge is 2.13. The molecule has 0 bridgehead atoms. The van der Waals surface area contributed by atoms with Crippen molar-refractivity contribution in [3.63, 3.8) is 0 Å². The molecule has 0 amide bonds. The Kier molecular flexibility index (Phi) is 8.72. The fraction of sp³-hybridized carbons (Fsp3) is 0.647. The van der Waals surface area contributed by atoms with E-state index in [0.717, 1.165) is 6.71 Å². The van der Waals surface area contributed by atoms with Crippen molar-refractivity contribution in [3.8, 4) is 0 Å². The molecule has 1 heteroatoms. The molecule has 0 unspecified atom stereocenters. The van der Waals surface area contributed by atoms with Gasteiger partial charge in [0.05, 0.1) is 0 Å². The van der Waals surface area contributed by atoms with Crippen LogP contribution in [0.5, 0.6) is 0 Å². The van der Waals surface area contributed by atoms with Gasteiger partial charge < -0.3 is 0 Å². The first-order valence-corrected chi connectivity index (χ1v) is 7.90. The molecule has 0 aromatic heterocycles. The van der Waals surface area contributed by atoms with E-state index in [0.29, 0.717) is 0 Å². The van der Waals surface area contributed by atoms with E-state index in [-0.39, 0.29) is 0 Å². The summed E-state index contributed by atoms with van der Waals surface area (Å²) < 4.78 is 0. The van der Waals surface area contributed by atoms with Gasteiger partial charge in [-0.05, 0) is 6.32 Å². The van der Waals surface area contributed by atoms with E-state index in [1.807, 2.05) is 0 Å². The molecule has 0 saturated carbocycles. The molecular formula is C17H29B. The Morgan fingerprint density at radius 1 is 0.778 bits per heavy atom. The van der Waals surface area contributed by atoms with E-state index in [1.165, 1.54) is 63.0 Å². The molecule has 0 spiro atoms. The highest BCUT2D eigenvalue weighted by atomic mass is 13.9. The molecular weight excluding hydrogens is 215 g/mol. The van der Waals surface area contributed by atoms with Gasteiger partial charge in [0.1, 0.15) is 6.71 Å². The predicted molar refractivity (Wildman–Crippen MR) is 84.6 cm³/mol. The normalized spacial score (nSPS) is 10.6. The summed E-state index contributed by atoms with van der Waals surface area (Å²) in [6.07, 6.45) is 12.4. The Balaban J connectivity index is 2.37. The lowest BCUT2D eigenvalue weighted by atomic mass is 9.41. The summed E-state index contributed by atoms with van der Waals surface area (Å²) in [5.74, 6) is 0. The summed E-state index contributed by atoms with van der Waals surface area (Å²) in [5.41, 5.74) is 1.52. The van der Waals surface area contributed by atoms with Gasteiger partial charge in [-0.1, -0.05) is 101 Å². The van der Waals surface area contributed by atoms with E-state index in [4.69, 9.17) is 0 Å². The average molecular weight is 244 g/mol. The van der Waals surface area contributed by atoms with Crippen molar-refractivity contribution >= 4 is 6.71 Å². The van der Waals surface area contributed by atoms with Crippen molar-refractivity contribution in [1.29, 1.82) is 0 Å². The van der Waals surface area contributed by atoms with Gasteiger partial charge in [0, 0.05) is 0 Å². The molecule has 0 heterocycles. The average Bonchev–Trinajstić information content (AvgIpc) is 2.40. The highest BCUT2D eigenvalue weighted by molar-refractivity contribution is 6.58. The van der Waals surface area contributed by atoms with Gasteiger partial charge in [-0.2, -0.15) is 0 Å². The molecule has 0 atom stereocenters. The van der Waals surface area contributed by atoms with Gasteiger partial charge in [0.15, 0.2) is 0 Å². The standard InChI is InChI=1S/C17H29B/c1-3-5-10-14-18(15-11-6-4-2)16-17-12-8-7-9-13-17/h7-9,12-13H,3-6,10-11,14-16H2,1-2H3. The third kappa shape index (κ3) is 6.88. The number of hydrogen-bond acceptors (Lipinski definition) is 0. The van der Waals surface area contributed by atoms with Crippen LogP contribution >= 0.6 is 0 Å². The number of unbranched alkanes of at least 4 members (excludes halogenated alkanes) is 4. The molecule has 1 aromatic carbocycles. The Labute approximate surface area is 114 Å². The maximum atomic E-state index is 2.29. The second-order valence-corrected chi connectivity index (χ2v) is 5.55. The van der Waals surface area contributed by atoms with Gasteiger partial charge in [0.25, 0.3) is 0 Å². The zero-order chi connectivity index (χ0) is 13.1. The van der Waals surface area contributed by atoms with E-state index in [1.54, 1.807) is 0 Å². The van der Waals surface area contributed by atoms with Crippen LogP contribution in [0, 0.1) is 0 Å². The molecule has 0 aliphatic rings. The lowest BCUT2D eigenvalue weighted by Crippen LogP contribution is -2.16. The van der Waals surface area contributed by atoms with Crippen molar-refractivity contribution in [2.24, 2.45) is 0 Å². The van der Waals surface area contributed by atoms with E-state index in [2.05, 4.69) is 44.2 Å². The Morgan fingerprint density at radius 2 is 1.33 bits per heavy atom. The molecule has 1 aromatic rings. The number of rotatable bonds is 10. The largest absolute Gasteiger partial charge is 0.144 e. The quantitative estimate of drug-likeness (QED) is 0.369. The van der Waals surface area contributed by atoms with Crippen LogP contribution in [-0.2, 0) is 6.32 Å². The fourth-order valence-corrected chi connectivity index (χ4v) is 2.66. The molecule has 0 nitrogen and oxygen atoms in total. The van der Waals surface area contributed by atoms with Crippen LogP contribution in [0.15, 0.2) is 30.3 Å². The topological polar surface area (TPSA) is 0 Å². The second kappa shape index (κ2) is 10.2. The monoisotopic (exact) mass is 244 g/mol. The van der Waals surface area contributed by atoms with E-state index in [9.17, 15) is 0 Å². The van der Waals surface area contributed by atoms with Crippen LogP contribution < -0.4 is 0 Å². The minimum absolute atomic E-state index is 0.908. The summed E-state index contributed by atoms with van der Waals surface area (Å²) in [5, 5.41) is 0. The summed E-state index contributed by atoms with van der Waals surface area (Å²) in [6, 6.07) is 11.0. The van der Waals surface area contributed by atoms with Gasteiger partial charge in [-0.25, -0.2) is 0 Å². The molecule has 0 aliphatic carbocycles. The van der Waals surface area contributed by atoms with Crippen LogP contribution in [0.4, 0.5) is 0 Å². The summed E-state index contributed by atoms with van der Waals surface area (Å²) in [6.45, 7) is 5.50. The lowest BCUT2D eigenvalue weighted by Gasteiger charge is -2.13. The first kappa shape index (κ1) is 15.3. The minimum Gasteiger partial charge on any atom is -0.0739 e. The third-order valence-electron chi connectivity index (χ3n) is 3.80. The molecule has 18 heavy (non-hydrogen) atoms. The van der Waals surface area contributed by atoms with Crippen molar-refractivity contribution in [3.05, 3.63) is 35.9 Å². The SMILES string of the molecule is CCCCCB(CCCCC)Cc1ccccc1. The van der Waals surface area contributed by atoms with Crippen molar-refractivity contribution in [2.75, 3.05) is 0 Å². The van der Waals surface area contributed by atoms with E-state index >= 15 is 0 Å². The minimum atomic E-state index is 0.908. The highest BCUT2D eigenvalue weighted by Crippen LogP contribution is 2.16. The third-order valence-corrected chi connectivity index (χ3v) is 3.80. The van der Waals surface area contributed by atoms with Crippen LogP contribution in [-0.4, -0.2) is 6.71 Å². The number of benzene rings is 1. The lowest BCUT2D eigenvalue weighted by molar-refractivity contribution is 0.743. The molecule has 0 radical (unpaired) electrons. The summed E-state index contributed by atoms with van der Waals surface area (Å²) in [7, 11) is 0. The Morgan fingerprint density at radius 3 is 1.83 bits per heavy atom. The number of hydrogen-bond donors (Lipinski definition) is 0. The second-order valence-electron chi connectivity index (χ2n) is 5.55. The maximum absolute atomic E-state index is 2.29. The molecule has 0 N–H and O–H groups in total. The summed E-state index contributed by atoms with van der Waals surface area (Å²) in [4.78, 5) is 0. The smallest absolute Gasteiger partial charge is 0.0739 e. The molecule has 0 saturated heterocycles. The first-order chi connectivity index (χ1) is 8.86. The van der Waals surface area contributed by atoms with Crippen LogP contribution in [0.2, 0.25) is 12.6 Å². The molecule has 0 aliphatic heterocycles. The van der Waals surface area contributed by atoms with Gasteiger partial charge in [0.2, 0.25) is 0 Å².